The highest BCUT2D eigenvalue weighted by Crippen LogP contribution is 2.28. The van der Waals surface area contributed by atoms with Crippen LogP contribution in [0.1, 0.15) is 38.5 Å². The predicted molar refractivity (Wildman–Crippen MR) is 60.5 cm³/mol. The average Bonchev–Trinajstić information content (AvgIpc) is 2.77. The first kappa shape index (κ1) is 10.5. The predicted octanol–water partition coefficient (Wildman–Crippen LogP) is 2.56. The van der Waals surface area contributed by atoms with E-state index in [9.17, 15) is 4.79 Å². The third-order valence-corrected chi connectivity index (χ3v) is 4.36. The summed E-state index contributed by atoms with van der Waals surface area (Å²) < 4.78 is 0. The molecule has 1 aliphatic heterocycles. The number of amides is 1. The van der Waals surface area contributed by atoms with Crippen molar-refractivity contribution in [3.05, 3.63) is 0 Å². The molecule has 0 aromatic rings. The minimum atomic E-state index is 0.103. The van der Waals surface area contributed by atoms with Crippen molar-refractivity contribution in [1.82, 2.24) is 4.90 Å². The number of halogens is 1. The van der Waals surface area contributed by atoms with Gasteiger partial charge in [0.15, 0.2) is 0 Å². The van der Waals surface area contributed by atoms with E-state index < -0.39 is 0 Å². The SMILES string of the molecule is O=C1C(Br)CCN1CCC1CCCC1. The smallest absolute Gasteiger partial charge is 0.236 e. The van der Waals surface area contributed by atoms with Gasteiger partial charge in [-0.1, -0.05) is 41.6 Å². The summed E-state index contributed by atoms with van der Waals surface area (Å²) in [5.41, 5.74) is 0. The molecule has 1 atom stereocenters. The number of carbonyl (C=O) groups excluding carboxylic acids is 1. The summed E-state index contributed by atoms with van der Waals surface area (Å²) >= 11 is 3.41. The molecule has 1 saturated heterocycles. The second-order valence-electron chi connectivity index (χ2n) is 4.52. The monoisotopic (exact) mass is 259 g/mol. The second-order valence-corrected chi connectivity index (χ2v) is 5.63. The fourth-order valence-corrected chi connectivity index (χ4v) is 3.05. The molecule has 80 valence electrons. The summed E-state index contributed by atoms with van der Waals surface area (Å²) in [7, 11) is 0. The Labute approximate surface area is 94.2 Å². The second kappa shape index (κ2) is 4.65. The van der Waals surface area contributed by atoms with E-state index in [1.54, 1.807) is 0 Å². The Morgan fingerprint density at radius 3 is 2.57 bits per heavy atom. The van der Waals surface area contributed by atoms with Gasteiger partial charge in [-0.25, -0.2) is 0 Å². The van der Waals surface area contributed by atoms with E-state index in [1.165, 1.54) is 32.1 Å². The van der Waals surface area contributed by atoms with Crippen LogP contribution >= 0.6 is 15.9 Å². The number of carbonyl (C=O) groups is 1. The van der Waals surface area contributed by atoms with Gasteiger partial charge in [0.2, 0.25) is 5.91 Å². The maximum absolute atomic E-state index is 11.6. The Hall–Kier alpha value is -0.0500. The molecule has 1 amide bonds. The summed E-state index contributed by atoms with van der Waals surface area (Å²) in [6.07, 6.45) is 7.80. The van der Waals surface area contributed by atoms with Crippen molar-refractivity contribution < 1.29 is 4.79 Å². The van der Waals surface area contributed by atoms with E-state index >= 15 is 0 Å². The zero-order valence-corrected chi connectivity index (χ0v) is 10.1. The number of nitrogens with zero attached hydrogens (tertiary/aromatic N) is 1. The van der Waals surface area contributed by atoms with Gasteiger partial charge in [-0.15, -0.1) is 0 Å². The van der Waals surface area contributed by atoms with Crippen LogP contribution in [0.4, 0.5) is 0 Å². The minimum Gasteiger partial charge on any atom is -0.342 e. The van der Waals surface area contributed by atoms with Gasteiger partial charge in [-0.05, 0) is 18.8 Å². The topological polar surface area (TPSA) is 20.3 Å². The van der Waals surface area contributed by atoms with Crippen LogP contribution in [0.3, 0.4) is 0 Å². The highest BCUT2D eigenvalue weighted by atomic mass is 79.9. The molecule has 2 aliphatic rings. The summed E-state index contributed by atoms with van der Waals surface area (Å²) in [5, 5.41) is 0. The molecule has 0 spiro atoms. The minimum absolute atomic E-state index is 0.103. The van der Waals surface area contributed by atoms with Crippen LogP contribution in [0.25, 0.3) is 0 Å². The molecule has 0 aromatic carbocycles. The van der Waals surface area contributed by atoms with Crippen LogP contribution in [0, 0.1) is 5.92 Å². The first-order valence-corrected chi connectivity index (χ1v) is 6.62. The van der Waals surface area contributed by atoms with Crippen LogP contribution in [0.15, 0.2) is 0 Å². The standard InChI is InChI=1S/C11H18BrNO/c12-10-6-8-13(11(10)14)7-5-9-3-1-2-4-9/h9-10H,1-8H2. The number of hydrogen-bond acceptors (Lipinski definition) is 1. The summed E-state index contributed by atoms with van der Waals surface area (Å²) in [6, 6.07) is 0. The molecule has 0 aromatic heterocycles. The molecule has 14 heavy (non-hydrogen) atoms. The molecule has 0 N–H and O–H groups in total. The van der Waals surface area contributed by atoms with E-state index in [2.05, 4.69) is 15.9 Å². The van der Waals surface area contributed by atoms with Crippen molar-refractivity contribution in [2.45, 2.75) is 43.4 Å². The Morgan fingerprint density at radius 2 is 2.00 bits per heavy atom. The van der Waals surface area contributed by atoms with Gasteiger partial charge in [0, 0.05) is 13.1 Å². The maximum atomic E-state index is 11.6. The molecule has 3 heteroatoms. The van der Waals surface area contributed by atoms with Gasteiger partial charge >= 0.3 is 0 Å². The quantitative estimate of drug-likeness (QED) is 0.714. The Kier molecular flexibility index (Phi) is 3.47. The molecule has 2 rings (SSSR count). The molecule has 1 heterocycles. The lowest BCUT2D eigenvalue weighted by molar-refractivity contribution is -0.127. The lowest BCUT2D eigenvalue weighted by Crippen LogP contribution is -2.29. The number of alkyl halides is 1. The van der Waals surface area contributed by atoms with E-state index in [0.717, 1.165) is 25.4 Å². The molecule has 0 bridgehead atoms. The van der Waals surface area contributed by atoms with Crippen LogP contribution < -0.4 is 0 Å². The van der Waals surface area contributed by atoms with E-state index in [1.807, 2.05) is 4.90 Å². The maximum Gasteiger partial charge on any atom is 0.236 e. The molecule has 1 aliphatic carbocycles. The van der Waals surface area contributed by atoms with Crippen LogP contribution in [-0.2, 0) is 4.79 Å². The van der Waals surface area contributed by atoms with Crippen LogP contribution in [-0.4, -0.2) is 28.7 Å². The zero-order valence-electron chi connectivity index (χ0n) is 8.54. The van der Waals surface area contributed by atoms with Crippen molar-refractivity contribution in [3.63, 3.8) is 0 Å². The lowest BCUT2D eigenvalue weighted by Gasteiger charge is -2.18. The van der Waals surface area contributed by atoms with Gasteiger partial charge < -0.3 is 4.90 Å². The van der Waals surface area contributed by atoms with Gasteiger partial charge in [0.25, 0.3) is 0 Å². The van der Waals surface area contributed by atoms with Gasteiger partial charge in [0.1, 0.15) is 0 Å². The van der Waals surface area contributed by atoms with Crippen LogP contribution in [0.2, 0.25) is 0 Å². The highest BCUT2D eigenvalue weighted by molar-refractivity contribution is 9.10. The number of rotatable bonds is 3. The van der Waals surface area contributed by atoms with E-state index in [4.69, 9.17) is 0 Å². The van der Waals surface area contributed by atoms with E-state index in [-0.39, 0.29) is 4.83 Å². The average molecular weight is 260 g/mol. The molecule has 2 fully saturated rings. The molecular formula is C11H18BrNO. The summed E-state index contributed by atoms with van der Waals surface area (Å²) in [5.74, 6) is 1.21. The largest absolute Gasteiger partial charge is 0.342 e. The Bertz CT molecular complexity index is 213. The molecule has 0 radical (unpaired) electrons. The molecule has 2 nitrogen and oxygen atoms in total. The molecule has 1 saturated carbocycles. The van der Waals surface area contributed by atoms with Crippen LogP contribution in [0.5, 0.6) is 0 Å². The lowest BCUT2D eigenvalue weighted by atomic mass is 10.0. The van der Waals surface area contributed by atoms with Gasteiger partial charge in [-0.3, -0.25) is 4.79 Å². The Balaban J connectivity index is 1.72. The summed E-state index contributed by atoms with van der Waals surface area (Å²) in [4.78, 5) is 13.7. The fourth-order valence-electron chi connectivity index (χ4n) is 2.56. The Morgan fingerprint density at radius 1 is 1.29 bits per heavy atom. The third-order valence-electron chi connectivity index (χ3n) is 3.51. The van der Waals surface area contributed by atoms with Gasteiger partial charge in [-0.2, -0.15) is 0 Å². The number of hydrogen-bond donors (Lipinski definition) is 0. The van der Waals surface area contributed by atoms with Crippen molar-refractivity contribution in [3.8, 4) is 0 Å². The van der Waals surface area contributed by atoms with Crippen molar-refractivity contribution >= 4 is 21.8 Å². The van der Waals surface area contributed by atoms with Gasteiger partial charge in [0.05, 0.1) is 4.83 Å². The van der Waals surface area contributed by atoms with Crippen molar-refractivity contribution in [2.24, 2.45) is 5.92 Å². The summed E-state index contributed by atoms with van der Waals surface area (Å²) in [6.45, 7) is 1.95. The first-order valence-electron chi connectivity index (χ1n) is 5.70. The molecular weight excluding hydrogens is 242 g/mol. The third kappa shape index (κ3) is 2.30. The first-order chi connectivity index (χ1) is 6.77. The number of likely N-dealkylation sites (tertiary alicyclic amines) is 1. The van der Waals surface area contributed by atoms with Crippen molar-refractivity contribution in [2.75, 3.05) is 13.1 Å². The zero-order chi connectivity index (χ0) is 9.97. The fraction of sp³-hybridized carbons (Fsp3) is 0.909. The highest BCUT2D eigenvalue weighted by Gasteiger charge is 2.29. The van der Waals surface area contributed by atoms with Crippen molar-refractivity contribution in [1.29, 1.82) is 0 Å². The molecule has 1 unspecified atom stereocenters. The normalized spacial score (nSPS) is 29.1. The van der Waals surface area contributed by atoms with E-state index in [0.29, 0.717) is 5.91 Å².